The van der Waals surface area contributed by atoms with E-state index >= 15 is 0 Å². The maximum Gasteiger partial charge on any atom is 0.255 e. The number of ether oxygens (including phenoxy) is 1. The average molecular weight is 441 g/mol. The van der Waals surface area contributed by atoms with Gasteiger partial charge in [0.1, 0.15) is 5.75 Å². The Kier molecular flexibility index (Phi) is 6.33. The number of carbonyl (C=O) groups is 1. The Labute approximate surface area is 191 Å². The quantitative estimate of drug-likeness (QED) is 0.452. The molecule has 166 valence electrons. The number of aliphatic hydroxyl groups is 1. The number of methoxy groups -OCH3 is 1. The number of rotatable bonds is 7. The van der Waals surface area contributed by atoms with Gasteiger partial charge < -0.3 is 14.7 Å². The molecular weight excluding hydrogens is 418 g/mol. The molecule has 2 aromatic heterocycles. The van der Waals surface area contributed by atoms with Gasteiger partial charge in [-0.25, -0.2) is 4.98 Å². The van der Waals surface area contributed by atoms with E-state index in [1.807, 2.05) is 42.5 Å². The van der Waals surface area contributed by atoms with E-state index < -0.39 is 12.0 Å². The first-order chi connectivity index (χ1) is 16.0. The molecule has 0 aliphatic heterocycles. The van der Waals surface area contributed by atoms with Crippen molar-refractivity contribution in [1.29, 1.82) is 5.26 Å². The summed E-state index contributed by atoms with van der Waals surface area (Å²) in [4.78, 5) is 18.4. The third kappa shape index (κ3) is 4.40. The number of nitriles is 1. The lowest BCUT2D eigenvalue weighted by Crippen LogP contribution is -2.32. The highest BCUT2D eigenvalue weighted by Gasteiger charge is 2.22. The van der Waals surface area contributed by atoms with Crippen LogP contribution < -0.4 is 4.74 Å². The molecule has 4 aromatic rings. The second-order valence-corrected chi connectivity index (χ2v) is 7.59. The van der Waals surface area contributed by atoms with Crippen molar-refractivity contribution in [2.24, 2.45) is 0 Å². The normalized spacial score (nSPS) is 11.7. The second kappa shape index (κ2) is 9.51. The number of fused-ring (bicyclic) bond motifs is 1. The van der Waals surface area contributed by atoms with Gasteiger partial charge in [0.05, 0.1) is 25.3 Å². The lowest BCUT2D eigenvalue weighted by molar-refractivity contribution is -0.139. The molecular formula is C25H23N5O3. The molecule has 8 nitrogen and oxygen atoms in total. The smallest absolute Gasteiger partial charge is 0.255 e. The van der Waals surface area contributed by atoms with Crippen LogP contribution >= 0.6 is 0 Å². The molecule has 0 bridgehead atoms. The van der Waals surface area contributed by atoms with Crippen molar-refractivity contribution in [3.05, 3.63) is 66.4 Å². The van der Waals surface area contributed by atoms with Crippen molar-refractivity contribution < 1.29 is 14.6 Å². The number of pyridine rings is 1. The molecule has 0 radical (unpaired) electrons. The van der Waals surface area contributed by atoms with Crippen molar-refractivity contribution in [2.75, 3.05) is 20.7 Å². The largest absolute Gasteiger partial charge is 0.496 e. The van der Waals surface area contributed by atoms with E-state index in [2.05, 4.69) is 15.2 Å². The first-order valence-corrected chi connectivity index (χ1v) is 10.4. The Bertz CT molecular complexity index is 1340. The van der Waals surface area contributed by atoms with Crippen molar-refractivity contribution in [3.8, 4) is 34.2 Å². The Morgan fingerprint density at radius 1 is 1.21 bits per heavy atom. The third-order valence-corrected chi connectivity index (χ3v) is 5.49. The summed E-state index contributed by atoms with van der Waals surface area (Å²) in [5.41, 5.74) is 4.34. The number of aliphatic hydroxyl groups excluding tert-OH is 1. The van der Waals surface area contributed by atoms with Gasteiger partial charge in [0.25, 0.3) is 5.91 Å². The van der Waals surface area contributed by atoms with Crippen LogP contribution in [0.2, 0.25) is 0 Å². The molecule has 1 unspecified atom stereocenters. The van der Waals surface area contributed by atoms with E-state index in [-0.39, 0.29) is 13.0 Å². The number of nitrogens with one attached hydrogen (secondary N) is 1. The number of para-hydroxylation sites is 1. The average Bonchev–Trinajstić information content (AvgIpc) is 3.29. The van der Waals surface area contributed by atoms with Crippen LogP contribution in [0.4, 0.5) is 0 Å². The van der Waals surface area contributed by atoms with Crippen molar-refractivity contribution in [3.63, 3.8) is 0 Å². The van der Waals surface area contributed by atoms with Crippen LogP contribution in [0.15, 0.2) is 60.8 Å². The zero-order valence-corrected chi connectivity index (χ0v) is 18.3. The van der Waals surface area contributed by atoms with Gasteiger partial charge in [-0.2, -0.15) is 10.4 Å². The predicted octanol–water partition coefficient (Wildman–Crippen LogP) is 3.71. The minimum absolute atomic E-state index is 0.208. The van der Waals surface area contributed by atoms with Gasteiger partial charge in [0, 0.05) is 36.3 Å². The summed E-state index contributed by atoms with van der Waals surface area (Å²) >= 11 is 0. The zero-order valence-electron chi connectivity index (χ0n) is 18.3. The van der Waals surface area contributed by atoms with E-state index in [1.54, 1.807) is 38.6 Å². The molecule has 33 heavy (non-hydrogen) atoms. The van der Waals surface area contributed by atoms with Crippen molar-refractivity contribution in [1.82, 2.24) is 20.1 Å². The van der Waals surface area contributed by atoms with Crippen LogP contribution in [0.1, 0.15) is 18.1 Å². The number of amides is 1. The number of H-pyrrole nitrogens is 1. The zero-order chi connectivity index (χ0) is 23.4. The van der Waals surface area contributed by atoms with Crippen LogP contribution in [0.5, 0.6) is 5.75 Å². The van der Waals surface area contributed by atoms with Gasteiger partial charge in [-0.05, 0) is 35.4 Å². The summed E-state index contributed by atoms with van der Waals surface area (Å²) in [5.74, 6) is 0.266. The molecule has 2 aromatic carbocycles. The number of likely N-dealkylation sites (N-methyl/N-ethyl adjacent to an activating group) is 1. The highest BCUT2D eigenvalue weighted by atomic mass is 16.5. The molecule has 0 fully saturated rings. The Morgan fingerprint density at radius 2 is 2.03 bits per heavy atom. The molecule has 0 saturated carbocycles. The minimum Gasteiger partial charge on any atom is -0.496 e. The third-order valence-electron chi connectivity index (χ3n) is 5.49. The SMILES string of the molecule is COc1ccccc1-c1[nH]nc2ncc(-c3cccc(C(O)C(=O)N(C)CCC#N)c3)cc12. The van der Waals surface area contributed by atoms with Gasteiger partial charge in [0.15, 0.2) is 11.8 Å². The van der Waals surface area contributed by atoms with Crippen LogP contribution in [0.25, 0.3) is 33.4 Å². The lowest BCUT2D eigenvalue weighted by atomic mass is 9.99. The lowest BCUT2D eigenvalue weighted by Gasteiger charge is -2.20. The molecule has 0 aliphatic rings. The molecule has 0 saturated heterocycles. The fraction of sp³-hybridized carbons (Fsp3) is 0.200. The van der Waals surface area contributed by atoms with Crippen LogP contribution in [0.3, 0.4) is 0 Å². The van der Waals surface area contributed by atoms with Gasteiger partial charge in [-0.15, -0.1) is 0 Å². The number of aromatic nitrogens is 3. The molecule has 2 heterocycles. The van der Waals surface area contributed by atoms with Gasteiger partial charge in [0.2, 0.25) is 0 Å². The summed E-state index contributed by atoms with van der Waals surface area (Å²) in [6.07, 6.45) is 0.602. The Hall–Kier alpha value is -4.22. The Balaban J connectivity index is 1.69. The number of nitrogens with zero attached hydrogens (tertiary/aromatic N) is 4. The fourth-order valence-electron chi connectivity index (χ4n) is 3.68. The van der Waals surface area contributed by atoms with Crippen LogP contribution in [-0.4, -0.2) is 51.8 Å². The highest BCUT2D eigenvalue weighted by Crippen LogP contribution is 2.34. The molecule has 0 spiro atoms. The minimum atomic E-state index is -1.32. The maximum absolute atomic E-state index is 12.5. The molecule has 1 amide bonds. The fourth-order valence-corrected chi connectivity index (χ4v) is 3.68. The van der Waals surface area contributed by atoms with Crippen LogP contribution in [0, 0.1) is 11.3 Å². The monoisotopic (exact) mass is 441 g/mol. The Morgan fingerprint density at radius 3 is 2.82 bits per heavy atom. The summed E-state index contributed by atoms with van der Waals surface area (Å²) < 4.78 is 5.49. The number of benzene rings is 2. The van der Waals surface area contributed by atoms with E-state index in [4.69, 9.17) is 10.00 Å². The topological polar surface area (TPSA) is 115 Å². The molecule has 1 atom stereocenters. The van der Waals surface area contributed by atoms with E-state index in [1.165, 1.54) is 4.90 Å². The van der Waals surface area contributed by atoms with E-state index in [9.17, 15) is 9.90 Å². The molecule has 8 heteroatoms. The highest BCUT2D eigenvalue weighted by molar-refractivity contribution is 5.94. The van der Waals surface area contributed by atoms with Gasteiger partial charge in [-0.3, -0.25) is 9.89 Å². The van der Waals surface area contributed by atoms with Gasteiger partial charge in [-0.1, -0.05) is 30.3 Å². The number of aromatic amines is 1. The second-order valence-electron chi connectivity index (χ2n) is 7.59. The molecule has 2 N–H and O–H groups in total. The summed E-state index contributed by atoms with van der Waals surface area (Å²) in [6.45, 7) is 0.263. The summed E-state index contributed by atoms with van der Waals surface area (Å²) in [6, 6.07) is 18.8. The molecule has 0 aliphatic carbocycles. The van der Waals surface area contributed by atoms with Gasteiger partial charge >= 0.3 is 0 Å². The number of hydrogen-bond acceptors (Lipinski definition) is 6. The predicted molar refractivity (Wildman–Crippen MR) is 124 cm³/mol. The maximum atomic E-state index is 12.5. The van der Waals surface area contributed by atoms with Crippen molar-refractivity contribution >= 4 is 16.9 Å². The number of hydrogen-bond donors (Lipinski definition) is 2. The van der Waals surface area contributed by atoms with E-state index in [0.29, 0.717) is 11.2 Å². The first kappa shape index (κ1) is 22.0. The van der Waals surface area contributed by atoms with E-state index in [0.717, 1.165) is 33.5 Å². The first-order valence-electron chi connectivity index (χ1n) is 10.4. The molecule has 4 rings (SSSR count). The van der Waals surface area contributed by atoms with Crippen LogP contribution in [-0.2, 0) is 4.79 Å². The summed E-state index contributed by atoms with van der Waals surface area (Å²) in [5, 5.41) is 27.5. The van der Waals surface area contributed by atoms with Crippen molar-refractivity contribution in [2.45, 2.75) is 12.5 Å². The summed E-state index contributed by atoms with van der Waals surface area (Å²) in [7, 11) is 3.19. The standard InChI is InChI=1S/C25H23N5O3/c1-30(12-6-11-26)25(32)23(31)17-8-5-7-16(13-17)18-14-20-22(28-29-24(20)27-15-18)19-9-3-4-10-21(19)33-2/h3-5,7-10,13-15,23,31H,6,12H2,1-2H3,(H,27,28,29). The number of carbonyl (C=O) groups excluding carboxylic acids is 1.